The number of aromatic hydroxyl groups is 1. The third-order valence-electron chi connectivity index (χ3n) is 4.07. The van der Waals surface area contributed by atoms with Crippen LogP contribution in [-0.2, 0) is 11.2 Å². The molecular formula is C16H24N2O2. The number of hydrogen-bond donors (Lipinski definition) is 3. The molecule has 0 aromatic heterocycles. The van der Waals surface area contributed by atoms with E-state index in [1.54, 1.807) is 13.1 Å². The van der Waals surface area contributed by atoms with Gasteiger partial charge in [0.2, 0.25) is 5.91 Å². The van der Waals surface area contributed by atoms with Gasteiger partial charge in [-0.3, -0.25) is 4.79 Å². The van der Waals surface area contributed by atoms with Crippen LogP contribution in [0.25, 0.3) is 0 Å². The van der Waals surface area contributed by atoms with Crippen molar-refractivity contribution in [2.75, 3.05) is 13.6 Å². The van der Waals surface area contributed by atoms with Gasteiger partial charge in [-0.1, -0.05) is 6.07 Å². The molecule has 1 aromatic rings. The summed E-state index contributed by atoms with van der Waals surface area (Å²) in [6.07, 6.45) is 3.19. The summed E-state index contributed by atoms with van der Waals surface area (Å²) in [5.74, 6) is 0.377. The number of benzene rings is 1. The van der Waals surface area contributed by atoms with Crippen LogP contribution in [0.1, 0.15) is 43.9 Å². The van der Waals surface area contributed by atoms with E-state index in [-0.39, 0.29) is 11.9 Å². The van der Waals surface area contributed by atoms with Gasteiger partial charge in [0.05, 0.1) is 5.41 Å². The minimum absolute atomic E-state index is 0.0479. The Bertz CT molecular complexity index is 497. The van der Waals surface area contributed by atoms with E-state index in [4.69, 9.17) is 0 Å². The van der Waals surface area contributed by atoms with Crippen molar-refractivity contribution in [3.8, 4) is 5.75 Å². The molecule has 1 amide bonds. The van der Waals surface area contributed by atoms with Crippen LogP contribution in [0.2, 0.25) is 0 Å². The largest absolute Gasteiger partial charge is 0.508 e. The van der Waals surface area contributed by atoms with Gasteiger partial charge in [0.25, 0.3) is 0 Å². The highest BCUT2D eigenvalue weighted by atomic mass is 16.3. The standard InChI is InChI=1S/C16H24N2O2/c1-16(2,15(20)17-3)10-18-14-6-4-5-11-9-12(19)7-8-13(11)14/h7-9,14,18-19H,4-6,10H2,1-3H3,(H,17,20). The molecule has 20 heavy (non-hydrogen) atoms. The molecule has 0 spiro atoms. The first-order valence-corrected chi connectivity index (χ1v) is 7.21. The maximum Gasteiger partial charge on any atom is 0.226 e. The Morgan fingerprint density at radius 2 is 2.20 bits per heavy atom. The Kier molecular flexibility index (Phi) is 4.33. The van der Waals surface area contributed by atoms with Gasteiger partial charge in [0.1, 0.15) is 5.75 Å². The lowest BCUT2D eigenvalue weighted by Crippen LogP contribution is -2.43. The van der Waals surface area contributed by atoms with Gasteiger partial charge in [-0.2, -0.15) is 0 Å². The van der Waals surface area contributed by atoms with E-state index in [1.807, 2.05) is 26.0 Å². The zero-order valence-corrected chi connectivity index (χ0v) is 12.5. The van der Waals surface area contributed by atoms with E-state index in [9.17, 15) is 9.90 Å². The normalized spacial score (nSPS) is 18.4. The van der Waals surface area contributed by atoms with Crippen molar-refractivity contribution in [2.45, 2.75) is 39.2 Å². The molecule has 1 aromatic carbocycles. The van der Waals surface area contributed by atoms with Crippen molar-refractivity contribution in [1.29, 1.82) is 0 Å². The second-order valence-corrected chi connectivity index (χ2v) is 6.17. The van der Waals surface area contributed by atoms with E-state index < -0.39 is 5.41 Å². The minimum atomic E-state index is -0.427. The number of carbonyl (C=O) groups excluding carboxylic acids is 1. The summed E-state index contributed by atoms with van der Waals surface area (Å²) in [4.78, 5) is 11.8. The molecule has 0 heterocycles. The van der Waals surface area contributed by atoms with Crippen molar-refractivity contribution in [3.63, 3.8) is 0 Å². The average molecular weight is 276 g/mol. The molecule has 4 heteroatoms. The van der Waals surface area contributed by atoms with Gasteiger partial charge in [-0.25, -0.2) is 0 Å². The molecule has 1 aliphatic rings. The second-order valence-electron chi connectivity index (χ2n) is 6.17. The molecule has 0 saturated carbocycles. The molecule has 1 atom stereocenters. The molecule has 4 nitrogen and oxygen atoms in total. The monoisotopic (exact) mass is 276 g/mol. The van der Waals surface area contributed by atoms with Crippen molar-refractivity contribution in [2.24, 2.45) is 5.41 Å². The fourth-order valence-electron chi connectivity index (χ4n) is 2.81. The van der Waals surface area contributed by atoms with Crippen molar-refractivity contribution < 1.29 is 9.90 Å². The van der Waals surface area contributed by atoms with Crippen LogP contribution in [0.5, 0.6) is 5.75 Å². The smallest absolute Gasteiger partial charge is 0.226 e. The van der Waals surface area contributed by atoms with Gasteiger partial charge in [0, 0.05) is 19.6 Å². The van der Waals surface area contributed by atoms with E-state index in [0.29, 0.717) is 12.3 Å². The first-order valence-electron chi connectivity index (χ1n) is 7.21. The number of hydrogen-bond acceptors (Lipinski definition) is 3. The van der Waals surface area contributed by atoms with E-state index in [0.717, 1.165) is 19.3 Å². The van der Waals surface area contributed by atoms with Crippen molar-refractivity contribution in [1.82, 2.24) is 10.6 Å². The highest BCUT2D eigenvalue weighted by Gasteiger charge is 2.28. The summed E-state index contributed by atoms with van der Waals surface area (Å²) in [5.41, 5.74) is 2.04. The van der Waals surface area contributed by atoms with E-state index in [2.05, 4.69) is 10.6 Å². The lowest BCUT2D eigenvalue weighted by molar-refractivity contribution is -0.128. The van der Waals surface area contributed by atoms with E-state index in [1.165, 1.54) is 11.1 Å². The van der Waals surface area contributed by atoms with Crippen molar-refractivity contribution >= 4 is 5.91 Å². The molecule has 0 fully saturated rings. The fraction of sp³-hybridized carbons (Fsp3) is 0.562. The summed E-state index contributed by atoms with van der Waals surface area (Å²) in [6.45, 7) is 4.52. The zero-order valence-electron chi connectivity index (χ0n) is 12.5. The van der Waals surface area contributed by atoms with Crippen LogP contribution in [0.3, 0.4) is 0 Å². The SMILES string of the molecule is CNC(=O)C(C)(C)CNC1CCCc2cc(O)ccc21. The molecule has 0 aliphatic heterocycles. The number of fused-ring (bicyclic) bond motifs is 1. The van der Waals surface area contributed by atoms with Crippen LogP contribution in [0.15, 0.2) is 18.2 Å². The van der Waals surface area contributed by atoms with Gasteiger partial charge in [-0.15, -0.1) is 0 Å². The quantitative estimate of drug-likeness (QED) is 0.789. The Morgan fingerprint density at radius 3 is 2.90 bits per heavy atom. The van der Waals surface area contributed by atoms with Gasteiger partial charge < -0.3 is 15.7 Å². The number of aryl methyl sites for hydroxylation is 1. The second kappa shape index (κ2) is 5.83. The summed E-state index contributed by atoms with van der Waals surface area (Å²) >= 11 is 0. The first-order chi connectivity index (χ1) is 9.44. The number of phenolic OH excluding ortho intramolecular Hbond substituents is 1. The van der Waals surface area contributed by atoms with Crippen molar-refractivity contribution in [3.05, 3.63) is 29.3 Å². The molecular weight excluding hydrogens is 252 g/mol. The number of phenols is 1. The Labute approximate surface area is 120 Å². The molecule has 0 saturated heterocycles. The zero-order chi connectivity index (χ0) is 14.8. The minimum Gasteiger partial charge on any atom is -0.508 e. The number of carbonyl (C=O) groups is 1. The average Bonchev–Trinajstić information content (AvgIpc) is 2.43. The Hall–Kier alpha value is -1.55. The lowest BCUT2D eigenvalue weighted by Gasteiger charge is -2.30. The Morgan fingerprint density at radius 1 is 1.45 bits per heavy atom. The highest BCUT2D eigenvalue weighted by Crippen LogP contribution is 2.32. The molecule has 1 unspecified atom stereocenters. The van der Waals surface area contributed by atoms with E-state index >= 15 is 0 Å². The maximum atomic E-state index is 11.8. The first kappa shape index (κ1) is 14.9. The third kappa shape index (κ3) is 3.12. The van der Waals surface area contributed by atoms with Crippen LogP contribution >= 0.6 is 0 Å². The van der Waals surface area contributed by atoms with Gasteiger partial charge in [-0.05, 0) is 56.4 Å². The highest BCUT2D eigenvalue weighted by molar-refractivity contribution is 5.81. The van der Waals surface area contributed by atoms with Crippen LogP contribution in [-0.4, -0.2) is 24.6 Å². The summed E-state index contributed by atoms with van der Waals surface area (Å²) in [7, 11) is 1.67. The molecule has 2 rings (SSSR count). The molecule has 0 radical (unpaired) electrons. The summed E-state index contributed by atoms with van der Waals surface area (Å²) in [5, 5.41) is 15.8. The summed E-state index contributed by atoms with van der Waals surface area (Å²) < 4.78 is 0. The van der Waals surface area contributed by atoms with Gasteiger partial charge >= 0.3 is 0 Å². The molecule has 0 bridgehead atoms. The summed E-state index contributed by atoms with van der Waals surface area (Å²) in [6, 6.07) is 5.85. The fourth-order valence-corrected chi connectivity index (χ4v) is 2.81. The van der Waals surface area contributed by atoms with Gasteiger partial charge in [0.15, 0.2) is 0 Å². The molecule has 110 valence electrons. The predicted octanol–water partition coefficient (Wildman–Crippen LogP) is 2.13. The number of nitrogens with one attached hydrogen (secondary N) is 2. The molecule has 1 aliphatic carbocycles. The third-order valence-corrected chi connectivity index (χ3v) is 4.07. The maximum absolute atomic E-state index is 11.8. The van der Waals surface area contributed by atoms with Crippen LogP contribution in [0.4, 0.5) is 0 Å². The predicted molar refractivity (Wildman–Crippen MR) is 79.6 cm³/mol. The number of rotatable bonds is 4. The van der Waals surface area contributed by atoms with Crippen LogP contribution < -0.4 is 10.6 Å². The topological polar surface area (TPSA) is 61.4 Å². The lowest BCUT2D eigenvalue weighted by atomic mass is 9.86. The molecule has 3 N–H and O–H groups in total. The number of amides is 1. The van der Waals surface area contributed by atoms with Crippen LogP contribution in [0, 0.1) is 5.41 Å². The Balaban J connectivity index is 2.07.